The van der Waals surface area contributed by atoms with E-state index in [0.29, 0.717) is 16.8 Å². The Hall–Kier alpha value is -1.11. The molecule has 1 aromatic carbocycles. The number of hydrogen-bond donors (Lipinski definition) is 0. The smallest absolute Gasteiger partial charge is 0.261 e. The van der Waals surface area contributed by atoms with E-state index in [1.54, 1.807) is 18.5 Å². The maximum absolute atomic E-state index is 11.2. The van der Waals surface area contributed by atoms with Crippen LogP contribution >= 0.6 is 26.6 Å². The average Bonchev–Trinajstić information content (AvgIpc) is 2.40. The molecule has 20 heavy (non-hydrogen) atoms. The molecule has 2 aromatic rings. The molecular formula is C13H11BrClNO3S. The van der Waals surface area contributed by atoms with Crippen LogP contribution in [0.1, 0.15) is 5.56 Å². The molecule has 1 aromatic heterocycles. The first-order chi connectivity index (χ1) is 9.47. The van der Waals surface area contributed by atoms with E-state index in [1.165, 1.54) is 12.1 Å². The molecule has 0 atom stereocenters. The Balaban J connectivity index is 2.00. The molecule has 1 heterocycles. The number of rotatable bonds is 5. The van der Waals surface area contributed by atoms with Gasteiger partial charge in [0.2, 0.25) is 0 Å². The third-order valence-electron chi connectivity index (χ3n) is 2.58. The molecule has 0 amide bonds. The summed E-state index contributed by atoms with van der Waals surface area (Å²) in [6, 6.07) is 8.24. The fraction of sp³-hybridized carbons (Fsp3) is 0.154. The van der Waals surface area contributed by atoms with Crippen LogP contribution in [-0.2, 0) is 15.5 Å². The molecule has 0 N–H and O–H groups in total. The van der Waals surface area contributed by atoms with E-state index in [2.05, 4.69) is 20.9 Å². The fourth-order valence-electron chi connectivity index (χ4n) is 1.58. The maximum Gasteiger partial charge on any atom is 0.261 e. The first kappa shape index (κ1) is 15.3. The van der Waals surface area contributed by atoms with Crippen LogP contribution in [0.5, 0.6) is 5.75 Å². The van der Waals surface area contributed by atoms with Crippen molar-refractivity contribution in [3.63, 3.8) is 0 Å². The Morgan fingerprint density at radius 2 is 1.90 bits per heavy atom. The van der Waals surface area contributed by atoms with Gasteiger partial charge in [0.15, 0.2) is 0 Å². The van der Waals surface area contributed by atoms with Gasteiger partial charge in [0.25, 0.3) is 9.05 Å². The minimum atomic E-state index is -3.73. The third kappa shape index (κ3) is 4.19. The van der Waals surface area contributed by atoms with E-state index in [-0.39, 0.29) is 4.90 Å². The highest BCUT2D eigenvalue weighted by molar-refractivity contribution is 9.10. The molecule has 0 radical (unpaired) electrons. The van der Waals surface area contributed by atoms with Crippen molar-refractivity contribution in [1.29, 1.82) is 0 Å². The predicted octanol–water partition coefficient (Wildman–Crippen LogP) is 3.39. The highest BCUT2D eigenvalue weighted by Gasteiger charge is 2.12. The number of nitrogens with zero attached hydrogens (tertiary/aromatic N) is 1. The number of aromatic nitrogens is 1. The van der Waals surface area contributed by atoms with E-state index in [1.807, 2.05) is 12.1 Å². The molecule has 0 spiro atoms. The number of pyridine rings is 1. The lowest BCUT2D eigenvalue weighted by atomic mass is 10.2. The Labute approximate surface area is 130 Å². The van der Waals surface area contributed by atoms with Crippen LogP contribution in [0.3, 0.4) is 0 Å². The SMILES string of the molecule is O=S(=O)(Cl)c1ccc(OCCc2ccncc2)c(Br)c1. The van der Waals surface area contributed by atoms with Gasteiger partial charge in [-0.25, -0.2) is 8.42 Å². The molecule has 0 bridgehead atoms. The zero-order valence-corrected chi connectivity index (χ0v) is 13.5. The van der Waals surface area contributed by atoms with Gasteiger partial charge < -0.3 is 4.74 Å². The summed E-state index contributed by atoms with van der Waals surface area (Å²) in [5, 5.41) is 0. The van der Waals surface area contributed by atoms with Crippen molar-refractivity contribution in [3.05, 3.63) is 52.8 Å². The zero-order valence-electron chi connectivity index (χ0n) is 10.3. The average molecular weight is 377 g/mol. The van der Waals surface area contributed by atoms with Crippen LogP contribution in [0.25, 0.3) is 0 Å². The lowest BCUT2D eigenvalue weighted by Crippen LogP contribution is -2.02. The van der Waals surface area contributed by atoms with E-state index < -0.39 is 9.05 Å². The molecule has 2 rings (SSSR count). The lowest BCUT2D eigenvalue weighted by Gasteiger charge is -2.09. The summed E-state index contributed by atoms with van der Waals surface area (Å²) in [4.78, 5) is 3.98. The monoisotopic (exact) mass is 375 g/mol. The van der Waals surface area contributed by atoms with E-state index in [9.17, 15) is 8.42 Å². The standard InChI is InChI=1S/C13H11BrClNO3S/c14-12-9-11(20(15,17)18)1-2-13(12)19-8-5-10-3-6-16-7-4-10/h1-4,6-7,9H,5,8H2. The van der Waals surface area contributed by atoms with Crippen LogP contribution in [0, 0.1) is 0 Å². The summed E-state index contributed by atoms with van der Waals surface area (Å²) in [6.45, 7) is 0.482. The van der Waals surface area contributed by atoms with Gasteiger partial charge in [0, 0.05) is 29.5 Å². The molecule has 0 aliphatic rings. The van der Waals surface area contributed by atoms with Gasteiger partial charge in [-0.1, -0.05) is 0 Å². The molecule has 4 nitrogen and oxygen atoms in total. The minimum Gasteiger partial charge on any atom is -0.492 e. The normalized spacial score (nSPS) is 11.3. The summed E-state index contributed by atoms with van der Waals surface area (Å²) in [5.74, 6) is 0.572. The van der Waals surface area contributed by atoms with Gasteiger partial charge in [-0.05, 0) is 51.8 Å². The van der Waals surface area contributed by atoms with Crippen molar-refractivity contribution < 1.29 is 13.2 Å². The number of halogens is 2. The largest absolute Gasteiger partial charge is 0.492 e. The molecule has 7 heteroatoms. The van der Waals surface area contributed by atoms with Crippen LogP contribution in [0.2, 0.25) is 0 Å². The van der Waals surface area contributed by atoms with Gasteiger partial charge in [-0.2, -0.15) is 0 Å². The fourth-order valence-corrected chi connectivity index (χ4v) is 3.00. The van der Waals surface area contributed by atoms with Gasteiger partial charge in [0.1, 0.15) is 5.75 Å². The van der Waals surface area contributed by atoms with Crippen molar-refractivity contribution in [1.82, 2.24) is 4.98 Å². The van der Waals surface area contributed by atoms with Crippen LogP contribution in [0.4, 0.5) is 0 Å². The predicted molar refractivity (Wildman–Crippen MR) is 80.6 cm³/mol. The van der Waals surface area contributed by atoms with Crippen molar-refractivity contribution in [2.24, 2.45) is 0 Å². The van der Waals surface area contributed by atoms with Crippen molar-refractivity contribution >= 4 is 35.7 Å². The Morgan fingerprint density at radius 3 is 2.50 bits per heavy atom. The van der Waals surface area contributed by atoms with Crippen molar-refractivity contribution in [2.75, 3.05) is 6.61 Å². The summed E-state index contributed by atoms with van der Waals surface area (Å²) in [6.07, 6.45) is 4.20. The molecule has 0 aliphatic carbocycles. The number of hydrogen-bond acceptors (Lipinski definition) is 4. The van der Waals surface area contributed by atoms with Crippen molar-refractivity contribution in [2.45, 2.75) is 11.3 Å². The Kier molecular flexibility index (Phi) is 5.01. The second-order valence-electron chi connectivity index (χ2n) is 3.98. The van der Waals surface area contributed by atoms with E-state index >= 15 is 0 Å². The molecule has 0 saturated carbocycles. The van der Waals surface area contributed by atoms with Crippen molar-refractivity contribution in [3.8, 4) is 5.75 Å². The van der Waals surface area contributed by atoms with Gasteiger partial charge in [-0.15, -0.1) is 0 Å². The first-order valence-corrected chi connectivity index (χ1v) is 8.83. The highest BCUT2D eigenvalue weighted by atomic mass is 79.9. The topological polar surface area (TPSA) is 56.3 Å². The second-order valence-corrected chi connectivity index (χ2v) is 7.40. The van der Waals surface area contributed by atoms with E-state index in [0.717, 1.165) is 12.0 Å². The highest BCUT2D eigenvalue weighted by Crippen LogP contribution is 2.29. The second kappa shape index (κ2) is 6.56. The summed E-state index contributed by atoms with van der Waals surface area (Å²) >= 11 is 3.27. The van der Waals surface area contributed by atoms with Gasteiger partial charge in [0.05, 0.1) is 16.0 Å². The molecule has 106 valence electrons. The summed E-state index contributed by atoms with van der Waals surface area (Å²) in [7, 11) is 1.55. The number of benzene rings is 1. The Bertz CT molecular complexity index is 692. The quantitative estimate of drug-likeness (QED) is 0.751. The van der Waals surface area contributed by atoms with E-state index in [4.69, 9.17) is 15.4 Å². The lowest BCUT2D eigenvalue weighted by molar-refractivity contribution is 0.319. The summed E-state index contributed by atoms with van der Waals surface area (Å²) < 4.78 is 28.5. The molecule has 0 aliphatic heterocycles. The molecular weight excluding hydrogens is 366 g/mol. The third-order valence-corrected chi connectivity index (χ3v) is 4.55. The Morgan fingerprint density at radius 1 is 1.20 bits per heavy atom. The van der Waals surface area contributed by atoms with Gasteiger partial charge >= 0.3 is 0 Å². The number of ether oxygens (including phenoxy) is 1. The molecule has 0 unspecified atom stereocenters. The molecule has 0 saturated heterocycles. The van der Waals surface area contributed by atoms with Crippen LogP contribution in [-0.4, -0.2) is 20.0 Å². The molecule has 0 fully saturated rings. The zero-order chi connectivity index (χ0) is 14.6. The summed E-state index contributed by atoms with van der Waals surface area (Å²) in [5.41, 5.74) is 1.12. The first-order valence-electron chi connectivity index (χ1n) is 5.73. The minimum absolute atomic E-state index is 0.0347. The van der Waals surface area contributed by atoms with Crippen LogP contribution < -0.4 is 4.74 Å². The van der Waals surface area contributed by atoms with Crippen LogP contribution in [0.15, 0.2) is 52.1 Å². The van der Waals surface area contributed by atoms with Gasteiger partial charge in [-0.3, -0.25) is 4.98 Å². The maximum atomic E-state index is 11.2.